The van der Waals surface area contributed by atoms with Crippen molar-refractivity contribution in [2.24, 2.45) is 0 Å². The maximum Gasteiger partial charge on any atom is 0.235 e. The first-order valence-corrected chi connectivity index (χ1v) is 7.74. The minimum atomic E-state index is 0.223. The number of nitrogens with two attached hydrogens (primary N) is 1. The third-order valence-electron chi connectivity index (χ3n) is 3.47. The molecule has 0 amide bonds. The topological polar surface area (TPSA) is 110 Å². The molecule has 0 radical (unpaired) electrons. The Balaban J connectivity index is 1.84. The van der Waals surface area contributed by atoms with Gasteiger partial charge >= 0.3 is 0 Å². The summed E-state index contributed by atoms with van der Waals surface area (Å²) >= 11 is 0. The Hall–Kier alpha value is -3.53. The van der Waals surface area contributed by atoms with Gasteiger partial charge in [0.15, 0.2) is 11.7 Å². The highest BCUT2D eigenvalue weighted by atomic mass is 16.5. The number of hydrogen-bond acceptors (Lipinski definition) is 7. The average molecular weight is 335 g/mol. The van der Waals surface area contributed by atoms with Crippen molar-refractivity contribution in [1.29, 1.82) is 5.26 Å². The molecule has 0 bridgehead atoms. The Bertz CT molecular complexity index is 926. The molecule has 0 atom stereocenters. The van der Waals surface area contributed by atoms with E-state index >= 15 is 0 Å². The summed E-state index contributed by atoms with van der Waals surface area (Å²) in [6.07, 6.45) is 1.69. The van der Waals surface area contributed by atoms with E-state index in [0.717, 1.165) is 11.3 Å². The van der Waals surface area contributed by atoms with Gasteiger partial charge in [-0.1, -0.05) is 0 Å². The van der Waals surface area contributed by atoms with Crippen molar-refractivity contribution in [3.8, 4) is 23.3 Å². The van der Waals surface area contributed by atoms with E-state index < -0.39 is 0 Å². The van der Waals surface area contributed by atoms with Crippen LogP contribution in [0.2, 0.25) is 0 Å². The quantitative estimate of drug-likeness (QED) is 0.732. The molecule has 25 heavy (non-hydrogen) atoms. The number of nitriles is 1. The van der Waals surface area contributed by atoms with Gasteiger partial charge in [-0.05, 0) is 31.2 Å². The van der Waals surface area contributed by atoms with E-state index in [9.17, 15) is 0 Å². The molecule has 0 aliphatic heterocycles. The van der Waals surface area contributed by atoms with E-state index in [4.69, 9.17) is 20.1 Å². The highest BCUT2D eigenvalue weighted by Crippen LogP contribution is 2.28. The maximum absolute atomic E-state index is 9.16. The van der Waals surface area contributed by atoms with E-state index in [0.29, 0.717) is 29.8 Å². The van der Waals surface area contributed by atoms with Crippen molar-refractivity contribution in [2.45, 2.75) is 13.8 Å². The fraction of sp³-hybridized carbons (Fsp3) is 0.167. The summed E-state index contributed by atoms with van der Waals surface area (Å²) in [4.78, 5) is 8.40. The van der Waals surface area contributed by atoms with Crippen molar-refractivity contribution in [1.82, 2.24) is 9.97 Å². The molecule has 2 aromatic heterocycles. The van der Waals surface area contributed by atoms with Gasteiger partial charge in [-0.2, -0.15) is 10.2 Å². The first kappa shape index (κ1) is 16.3. The first-order chi connectivity index (χ1) is 12.1. The molecular formula is C18H17N5O2. The minimum absolute atomic E-state index is 0.223. The molecule has 2 heterocycles. The van der Waals surface area contributed by atoms with E-state index in [2.05, 4.69) is 15.3 Å². The molecule has 3 N–H and O–H groups in total. The van der Waals surface area contributed by atoms with E-state index in [1.807, 2.05) is 37.3 Å². The van der Waals surface area contributed by atoms with Crippen molar-refractivity contribution in [3.05, 3.63) is 48.0 Å². The molecule has 126 valence electrons. The molecule has 3 rings (SSSR count). The van der Waals surface area contributed by atoms with Crippen LogP contribution in [0.1, 0.15) is 18.4 Å². The normalized spacial score (nSPS) is 10.3. The van der Waals surface area contributed by atoms with Crippen LogP contribution in [0.15, 0.2) is 40.9 Å². The Morgan fingerprint density at radius 3 is 2.68 bits per heavy atom. The maximum atomic E-state index is 9.16. The van der Waals surface area contributed by atoms with E-state index in [1.165, 1.54) is 0 Å². The molecule has 0 aliphatic carbocycles. The van der Waals surface area contributed by atoms with Crippen molar-refractivity contribution in [2.75, 3.05) is 17.7 Å². The first-order valence-electron chi connectivity index (χ1n) is 7.74. The number of nitrogens with one attached hydrogen (secondary N) is 1. The number of anilines is 3. The molecule has 7 heteroatoms. The van der Waals surface area contributed by atoms with Crippen LogP contribution in [-0.2, 0) is 0 Å². The largest absolute Gasteiger partial charge is 0.477 e. The van der Waals surface area contributed by atoms with Gasteiger partial charge < -0.3 is 20.2 Å². The number of rotatable bonds is 5. The standard InChI is InChI=1S/C18H17N5O2/c1-3-24-18-14(9-19)15(20)8-17(23-18)22-13-6-4-12(5-7-13)16-10-21-11(2)25-16/h4-8,10H,3H2,1-2H3,(H3,20,22,23). The highest BCUT2D eigenvalue weighted by molar-refractivity contribution is 5.69. The Morgan fingerprint density at radius 1 is 1.32 bits per heavy atom. The lowest BCUT2D eigenvalue weighted by molar-refractivity contribution is 0.326. The number of aryl methyl sites for hydroxylation is 1. The van der Waals surface area contributed by atoms with Gasteiger partial charge in [0.25, 0.3) is 0 Å². The van der Waals surface area contributed by atoms with Crippen LogP contribution in [0.4, 0.5) is 17.2 Å². The number of pyridine rings is 1. The van der Waals surface area contributed by atoms with Crippen LogP contribution in [0.5, 0.6) is 5.88 Å². The average Bonchev–Trinajstić information content (AvgIpc) is 3.02. The number of nitrogen functional groups attached to an aromatic ring is 1. The number of ether oxygens (including phenoxy) is 1. The third kappa shape index (κ3) is 3.53. The second-order valence-corrected chi connectivity index (χ2v) is 5.27. The molecule has 0 saturated carbocycles. The van der Waals surface area contributed by atoms with Crippen molar-refractivity contribution >= 4 is 17.2 Å². The summed E-state index contributed by atoms with van der Waals surface area (Å²) in [7, 11) is 0. The summed E-state index contributed by atoms with van der Waals surface area (Å²) in [5.74, 6) is 2.06. The number of nitrogens with zero attached hydrogens (tertiary/aromatic N) is 3. The van der Waals surface area contributed by atoms with Gasteiger partial charge in [-0.15, -0.1) is 0 Å². The van der Waals surface area contributed by atoms with Crippen LogP contribution in [-0.4, -0.2) is 16.6 Å². The summed E-state index contributed by atoms with van der Waals surface area (Å²) in [6, 6.07) is 11.2. The molecule has 0 saturated heterocycles. The lowest BCUT2D eigenvalue weighted by atomic mass is 10.1. The number of hydrogen-bond donors (Lipinski definition) is 2. The van der Waals surface area contributed by atoms with Crippen LogP contribution < -0.4 is 15.8 Å². The van der Waals surface area contributed by atoms with Crippen LogP contribution in [0.25, 0.3) is 11.3 Å². The van der Waals surface area contributed by atoms with Gasteiger partial charge in [0.05, 0.1) is 18.5 Å². The summed E-state index contributed by atoms with van der Waals surface area (Å²) in [5.41, 5.74) is 8.22. The fourth-order valence-corrected chi connectivity index (χ4v) is 2.32. The summed E-state index contributed by atoms with van der Waals surface area (Å²) in [6.45, 7) is 4.02. The second-order valence-electron chi connectivity index (χ2n) is 5.27. The van der Waals surface area contributed by atoms with Crippen LogP contribution in [0, 0.1) is 18.3 Å². The van der Waals surface area contributed by atoms with Gasteiger partial charge in [-0.25, -0.2) is 4.98 Å². The Morgan fingerprint density at radius 2 is 2.08 bits per heavy atom. The van der Waals surface area contributed by atoms with Gasteiger partial charge in [0, 0.05) is 24.2 Å². The molecule has 0 aliphatic rings. The fourth-order valence-electron chi connectivity index (χ4n) is 2.32. The second kappa shape index (κ2) is 6.93. The Kier molecular flexibility index (Phi) is 4.53. The zero-order valence-corrected chi connectivity index (χ0v) is 13.9. The molecule has 3 aromatic rings. The molecular weight excluding hydrogens is 318 g/mol. The monoisotopic (exact) mass is 335 g/mol. The third-order valence-corrected chi connectivity index (χ3v) is 3.47. The lowest BCUT2D eigenvalue weighted by Crippen LogP contribution is -2.04. The Labute approximate surface area is 145 Å². The number of oxazole rings is 1. The van der Waals surface area contributed by atoms with Crippen molar-refractivity contribution in [3.63, 3.8) is 0 Å². The van der Waals surface area contributed by atoms with E-state index in [-0.39, 0.29) is 11.4 Å². The minimum Gasteiger partial charge on any atom is -0.477 e. The lowest BCUT2D eigenvalue weighted by Gasteiger charge is -2.11. The van der Waals surface area contributed by atoms with E-state index in [1.54, 1.807) is 19.2 Å². The molecule has 0 spiro atoms. The van der Waals surface area contributed by atoms with Crippen LogP contribution >= 0.6 is 0 Å². The molecule has 7 nitrogen and oxygen atoms in total. The van der Waals surface area contributed by atoms with Gasteiger partial charge in [0.2, 0.25) is 5.88 Å². The molecule has 0 fully saturated rings. The van der Waals surface area contributed by atoms with Crippen LogP contribution in [0.3, 0.4) is 0 Å². The predicted octanol–water partition coefficient (Wildman–Crippen LogP) is 3.64. The highest BCUT2D eigenvalue weighted by Gasteiger charge is 2.12. The van der Waals surface area contributed by atoms with Crippen molar-refractivity contribution < 1.29 is 9.15 Å². The van der Waals surface area contributed by atoms with Gasteiger partial charge in [-0.3, -0.25) is 0 Å². The summed E-state index contributed by atoms with van der Waals surface area (Å²) < 4.78 is 10.9. The molecule has 1 aromatic carbocycles. The van der Waals surface area contributed by atoms with Gasteiger partial charge in [0.1, 0.15) is 17.5 Å². The zero-order chi connectivity index (χ0) is 17.8. The number of benzene rings is 1. The SMILES string of the molecule is CCOc1nc(Nc2ccc(-c3cnc(C)o3)cc2)cc(N)c1C#N. The molecule has 0 unspecified atom stereocenters. The number of aromatic nitrogens is 2. The predicted molar refractivity (Wildman–Crippen MR) is 94.5 cm³/mol. The summed E-state index contributed by atoms with van der Waals surface area (Å²) in [5, 5.41) is 12.3. The zero-order valence-electron chi connectivity index (χ0n) is 13.9. The smallest absolute Gasteiger partial charge is 0.235 e.